The van der Waals surface area contributed by atoms with Crippen LogP contribution in [-0.2, 0) is 9.57 Å². The lowest BCUT2D eigenvalue weighted by molar-refractivity contribution is -0.000437. The van der Waals surface area contributed by atoms with Crippen LogP contribution in [0.1, 0.15) is 27.7 Å². The molecule has 0 unspecified atom stereocenters. The Balaban J connectivity index is 3.69. The van der Waals surface area contributed by atoms with Gasteiger partial charge in [0.15, 0.2) is 0 Å². The number of nitrogens with zero attached hydrogens (tertiary/aromatic N) is 1. The van der Waals surface area contributed by atoms with Crippen molar-refractivity contribution in [2.24, 2.45) is 5.16 Å². The van der Waals surface area contributed by atoms with E-state index in [1.165, 1.54) is 0 Å². The van der Waals surface area contributed by atoms with Gasteiger partial charge in [0, 0.05) is 0 Å². The molecule has 4 nitrogen and oxygen atoms in total. The molecule has 1 N–H and O–H groups in total. The van der Waals surface area contributed by atoms with E-state index in [0.717, 1.165) is 5.71 Å². The number of hydrogen-bond donors (Lipinski definition) is 1. The SMILES string of the molecule is CC(COCC#CCO)=NOC(C)(C)C. The van der Waals surface area contributed by atoms with Gasteiger partial charge in [-0.05, 0) is 27.7 Å². The maximum absolute atomic E-state index is 8.38. The Morgan fingerprint density at radius 2 is 2.00 bits per heavy atom. The Kier molecular flexibility index (Phi) is 6.76. The molecule has 0 aromatic carbocycles. The van der Waals surface area contributed by atoms with Gasteiger partial charge in [-0.15, -0.1) is 0 Å². The maximum Gasteiger partial charge on any atom is 0.129 e. The average molecular weight is 213 g/mol. The third-order valence-corrected chi connectivity index (χ3v) is 1.16. The molecule has 0 aliphatic carbocycles. The van der Waals surface area contributed by atoms with E-state index in [-0.39, 0.29) is 12.2 Å². The van der Waals surface area contributed by atoms with Crippen LogP contribution in [0.3, 0.4) is 0 Å². The van der Waals surface area contributed by atoms with Crippen molar-refractivity contribution in [1.82, 2.24) is 0 Å². The normalized spacial score (nSPS) is 11.9. The largest absolute Gasteiger partial charge is 0.390 e. The summed E-state index contributed by atoms with van der Waals surface area (Å²) in [5, 5.41) is 12.3. The topological polar surface area (TPSA) is 51.0 Å². The van der Waals surface area contributed by atoms with Gasteiger partial charge in [0.25, 0.3) is 0 Å². The van der Waals surface area contributed by atoms with Gasteiger partial charge in [0.2, 0.25) is 0 Å². The second-order valence-corrected chi connectivity index (χ2v) is 4.03. The molecule has 0 spiro atoms. The fraction of sp³-hybridized carbons (Fsp3) is 0.727. The molecule has 0 radical (unpaired) electrons. The fourth-order valence-electron chi connectivity index (χ4n) is 0.598. The molecule has 0 heterocycles. The summed E-state index contributed by atoms with van der Waals surface area (Å²) in [5.41, 5.74) is 0.480. The van der Waals surface area contributed by atoms with E-state index in [1.54, 1.807) is 0 Å². The van der Waals surface area contributed by atoms with Crippen molar-refractivity contribution in [3.8, 4) is 11.8 Å². The lowest BCUT2D eigenvalue weighted by atomic mass is 10.2. The molecule has 0 fully saturated rings. The molecular formula is C11H19NO3. The zero-order valence-corrected chi connectivity index (χ0v) is 9.83. The summed E-state index contributed by atoms with van der Waals surface area (Å²) >= 11 is 0. The average Bonchev–Trinajstić information content (AvgIpc) is 2.13. The Morgan fingerprint density at radius 1 is 1.33 bits per heavy atom. The van der Waals surface area contributed by atoms with Gasteiger partial charge in [-0.3, -0.25) is 0 Å². The zero-order valence-electron chi connectivity index (χ0n) is 9.83. The molecule has 0 aromatic rings. The van der Waals surface area contributed by atoms with Crippen molar-refractivity contribution in [3.05, 3.63) is 0 Å². The highest BCUT2D eigenvalue weighted by atomic mass is 16.6. The van der Waals surface area contributed by atoms with E-state index in [1.807, 2.05) is 27.7 Å². The molecule has 86 valence electrons. The Bertz CT molecular complexity index is 255. The van der Waals surface area contributed by atoms with Crippen LogP contribution < -0.4 is 0 Å². The van der Waals surface area contributed by atoms with Gasteiger partial charge in [0.05, 0.1) is 12.3 Å². The number of aliphatic hydroxyl groups excluding tert-OH is 1. The lowest BCUT2D eigenvalue weighted by Crippen LogP contribution is -2.17. The van der Waals surface area contributed by atoms with E-state index in [0.29, 0.717) is 13.2 Å². The van der Waals surface area contributed by atoms with Crippen molar-refractivity contribution < 1.29 is 14.7 Å². The molecule has 0 amide bonds. The minimum Gasteiger partial charge on any atom is -0.390 e. The number of aliphatic hydroxyl groups is 1. The summed E-state index contributed by atoms with van der Waals surface area (Å²) in [7, 11) is 0. The Labute approximate surface area is 91.3 Å². The van der Waals surface area contributed by atoms with Gasteiger partial charge < -0.3 is 14.7 Å². The van der Waals surface area contributed by atoms with Crippen LogP contribution in [0.2, 0.25) is 0 Å². The van der Waals surface area contributed by atoms with Gasteiger partial charge >= 0.3 is 0 Å². The minimum atomic E-state index is -0.280. The number of rotatable bonds is 4. The third kappa shape index (κ3) is 10.9. The van der Waals surface area contributed by atoms with Crippen molar-refractivity contribution in [1.29, 1.82) is 0 Å². The first-order valence-electron chi connectivity index (χ1n) is 4.81. The highest BCUT2D eigenvalue weighted by Gasteiger charge is 2.09. The molecule has 15 heavy (non-hydrogen) atoms. The van der Waals surface area contributed by atoms with Crippen molar-refractivity contribution >= 4 is 5.71 Å². The second kappa shape index (κ2) is 7.27. The summed E-state index contributed by atoms with van der Waals surface area (Å²) in [6.45, 7) is 8.15. The van der Waals surface area contributed by atoms with Crippen LogP contribution in [0.5, 0.6) is 0 Å². The Hall–Kier alpha value is -1.05. The number of oxime groups is 1. The first kappa shape index (κ1) is 13.9. The molecule has 0 saturated heterocycles. The molecular weight excluding hydrogens is 194 g/mol. The highest BCUT2D eigenvalue weighted by Crippen LogP contribution is 2.06. The van der Waals surface area contributed by atoms with E-state index in [9.17, 15) is 0 Å². The molecule has 0 rings (SSSR count). The molecule has 0 aromatic heterocycles. The van der Waals surface area contributed by atoms with Crippen LogP contribution in [0, 0.1) is 11.8 Å². The number of hydrogen-bond acceptors (Lipinski definition) is 4. The van der Waals surface area contributed by atoms with Gasteiger partial charge in [-0.25, -0.2) is 0 Å². The fourth-order valence-corrected chi connectivity index (χ4v) is 0.598. The predicted molar refractivity (Wildman–Crippen MR) is 59.6 cm³/mol. The van der Waals surface area contributed by atoms with E-state index < -0.39 is 0 Å². The van der Waals surface area contributed by atoms with E-state index >= 15 is 0 Å². The summed E-state index contributed by atoms with van der Waals surface area (Å²) in [6.07, 6.45) is 0. The monoisotopic (exact) mass is 213 g/mol. The summed E-state index contributed by atoms with van der Waals surface area (Å²) in [6, 6.07) is 0. The lowest BCUT2D eigenvalue weighted by Gasteiger charge is -2.15. The van der Waals surface area contributed by atoms with Crippen molar-refractivity contribution in [3.63, 3.8) is 0 Å². The van der Waals surface area contributed by atoms with Gasteiger partial charge in [0.1, 0.15) is 18.8 Å². The second-order valence-electron chi connectivity index (χ2n) is 4.03. The van der Waals surface area contributed by atoms with Crippen molar-refractivity contribution in [2.75, 3.05) is 19.8 Å². The molecule has 0 saturated carbocycles. The predicted octanol–water partition coefficient (Wildman–Crippen LogP) is 1.19. The smallest absolute Gasteiger partial charge is 0.129 e. The van der Waals surface area contributed by atoms with Crippen LogP contribution in [0.25, 0.3) is 0 Å². The first-order chi connectivity index (χ1) is 6.95. The molecule has 0 aliphatic rings. The Morgan fingerprint density at radius 3 is 2.53 bits per heavy atom. The minimum absolute atomic E-state index is 0.135. The zero-order chi connectivity index (χ0) is 11.7. The highest BCUT2D eigenvalue weighted by molar-refractivity contribution is 5.82. The van der Waals surface area contributed by atoms with Crippen LogP contribution in [0.4, 0.5) is 0 Å². The summed E-state index contributed by atoms with van der Waals surface area (Å²) < 4.78 is 5.17. The van der Waals surface area contributed by atoms with E-state index in [4.69, 9.17) is 14.7 Å². The van der Waals surface area contributed by atoms with Crippen LogP contribution in [-0.4, -0.2) is 36.2 Å². The van der Waals surface area contributed by atoms with Crippen molar-refractivity contribution in [2.45, 2.75) is 33.3 Å². The van der Waals surface area contributed by atoms with E-state index in [2.05, 4.69) is 17.0 Å². The maximum atomic E-state index is 8.38. The van der Waals surface area contributed by atoms with Crippen LogP contribution >= 0.6 is 0 Å². The standard InChI is InChI=1S/C11H19NO3/c1-10(12-15-11(2,3)4)9-14-8-6-5-7-13/h13H,7-9H2,1-4H3. The van der Waals surface area contributed by atoms with Gasteiger partial charge in [-0.1, -0.05) is 17.0 Å². The molecule has 4 heteroatoms. The van der Waals surface area contributed by atoms with Gasteiger partial charge in [-0.2, -0.15) is 0 Å². The summed E-state index contributed by atoms with van der Waals surface area (Å²) in [5.74, 6) is 5.13. The molecule has 0 atom stereocenters. The third-order valence-electron chi connectivity index (χ3n) is 1.16. The summed E-state index contributed by atoms with van der Waals surface area (Å²) in [4.78, 5) is 5.20. The molecule has 0 aliphatic heterocycles. The number of ether oxygens (including phenoxy) is 1. The quantitative estimate of drug-likeness (QED) is 0.330. The van der Waals surface area contributed by atoms with Crippen LogP contribution in [0.15, 0.2) is 5.16 Å². The first-order valence-corrected chi connectivity index (χ1v) is 4.81. The molecule has 0 bridgehead atoms.